The predicted octanol–water partition coefficient (Wildman–Crippen LogP) is 3.35. The van der Waals surface area contributed by atoms with Crippen LogP contribution in [0.4, 0.5) is 5.69 Å². The Balaban J connectivity index is 2.11. The van der Waals surface area contributed by atoms with E-state index in [2.05, 4.69) is 6.58 Å². The number of anilines is 1. The second kappa shape index (κ2) is 6.38. The average molecular weight is 365 g/mol. The second-order valence-electron chi connectivity index (χ2n) is 5.78. The number of aromatic nitrogens is 2. The molecule has 0 spiro atoms. The molecule has 0 atom stereocenters. The molecular weight excluding hydrogens is 350 g/mol. The molecule has 0 unspecified atom stereocenters. The van der Waals surface area contributed by atoms with E-state index in [4.69, 9.17) is 0 Å². The number of rotatable bonds is 4. The molecule has 6 nitrogen and oxygen atoms in total. The van der Waals surface area contributed by atoms with Crippen molar-refractivity contribution in [1.82, 2.24) is 4.57 Å². The van der Waals surface area contributed by atoms with Crippen LogP contribution in [-0.2, 0) is 6.54 Å². The summed E-state index contributed by atoms with van der Waals surface area (Å²) in [5.74, 6) is 0. The molecule has 7 heteroatoms. The Morgan fingerprint density at radius 1 is 1.27 bits per heavy atom. The number of hydrogen-bond donors (Lipinski definition) is 1. The van der Waals surface area contributed by atoms with Crippen molar-refractivity contribution in [2.45, 2.75) is 6.54 Å². The van der Waals surface area contributed by atoms with Crippen LogP contribution in [0.1, 0.15) is 0 Å². The molecule has 0 saturated heterocycles. The average Bonchev–Trinajstić information content (AvgIpc) is 3.10. The highest BCUT2D eigenvalue weighted by Gasteiger charge is 2.23. The molecule has 0 bridgehead atoms. The predicted molar refractivity (Wildman–Crippen MR) is 103 cm³/mol. The maximum atomic E-state index is 12.8. The van der Waals surface area contributed by atoms with Crippen LogP contribution in [0.15, 0.2) is 71.4 Å². The lowest BCUT2D eigenvalue weighted by atomic mass is 10.1. The van der Waals surface area contributed by atoms with E-state index < -0.39 is 0 Å². The van der Waals surface area contributed by atoms with Crippen molar-refractivity contribution in [2.75, 3.05) is 5.23 Å². The number of thiazole rings is 1. The second-order valence-corrected chi connectivity index (χ2v) is 6.62. The van der Waals surface area contributed by atoms with Crippen LogP contribution in [0.5, 0.6) is 0 Å². The molecule has 0 aliphatic rings. The van der Waals surface area contributed by atoms with Crippen molar-refractivity contribution in [3.63, 3.8) is 0 Å². The first-order valence-electron chi connectivity index (χ1n) is 7.94. The molecular formula is C19H15N3O3S. The minimum absolute atomic E-state index is 0.0660. The molecule has 4 aromatic rings. The Hall–Kier alpha value is -3.00. The van der Waals surface area contributed by atoms with E-state index in [-0.39, 0.29) is 16.5 Å². The SMILES string of the molecule is C=CCn1c(=O)c2ccccc2[n+]2c(-c3cccc(N([O-])O)c3)csc12. The molecule has 0 radical (unpaired) electrons. The van der Waals surface area contributed by atoms with E-state index in [0.29, 0.717) is 11.9 Å². The molecule has 2 aromatic carbocycles. The molecule has 0 aliphatic carbocycles. The molecule has 4 rings (SSSR count). The van der Waals surface area contributed by atoms with Gasteiger partial charge in [0.1, 0.15) is 17.4 Å². The van der Waals surface area contributed by atoms with E-state index in [0.717, 1.165) is 21.7 Å². The third kappa shape index (κ3) is 2.50. The Morgan fingerprint density at radius 2 is 2.08 bits per heavy atom. The molecule has 2 aromatic heterocycles. The van der Waals surface area contributed by atoms with Crippen LogP contribution in [0.3, 0.4) is 0 Å². The highest BCUT2D eigenvalue weighted by Crippen LogP contribution is 2.26. The Morgan fingerprint density at radius 3 is 2.85 bits per heavy atom. The topological polar surface area (TPSA) is 72.6 Å². The molecule has 130 valence electrons. The highest BCUT2D eigenvalue weighted by molar-refractivity contribution is 7.15. The monoisotopic (exact) mass is 365 g/mol. The van der Waals surface area contributed by atoms with Crippen LogP contribution in [0.25, 0.3) is 27.1 Å². The first-order chi connectivity index (χ1) is 12.6. The molecule has 1 N–H and O–H groups in total. The summed E-state index contributed by atoms with van der Waals surface area (Å²) in [7, 11) is 0. The van der Waals surface area contributed by atoms with Crippen LogP contribution in [-0.4, -0.2) is 9.77 Å². The van der Waals surface area contributed by atoms with E-state index in [9.17, 15) is 15.2 Å². The van der Waals surface area contributed by atoms with Gasteiger partial charge in [0.05, 0.1) is 5.69 Å². The Kier molecular flexibility index (Phi) is 4.04. The van der Waals surface area contributed by atoms with Gasteiger partial charge in [-0.15, -0.1) is 0 Å². The summed E-state index contributed by atoms with van der Waals surface area (Å²) in [6.45, 7) is 4.15. The maximum Gasteiger partial charge on any atom is 0.349 e. The molecule has 0 aliphatic heterocycles. The van der Waals surface area contributed by atoms with Gasteiger partial charge in [0, 0.05) is 10.9 Å². The fourth-order valence-corrected chi connectivity index (χ4v) is 4.13. The van der Waals surface area contributed by atoms with Crippen molar-refractivity contribution in [3.05, 3.63) is 82.1 Å². The van der Waals surface area contributed by atoms with Gasteiger partial charge in [-0.05, 0) is 24.3 Å². The first kappa shape index (κ1) is 16.5. The van der Waals surface area contributed by atoms with Gasteiger partial charge in [-0.3, -0.25) is 5.21 Å². The number of benzene rings is 2. The standard InChI is InChI=1S/C19H15N3O3S/c1-2-10-20-18(23)15-8-3-4-9-16(15)21-17(12-26-19(20)21)13-6-5-7-14(11-13)22(24)25/h2-9,11-12,24H,1,10H2. The molecule has 2 heterocycles. The van der Waals surface area contributed by atoms with Crippen LogP contribution < -0.4 is 15.2 Å². The summed E-state index contributed by atoms with van der Waals surface area (Å²) in [4.78, 5) is 13.6. The van der Waals surface area contributed by atoms with Crippen molar-refractivity contribution in [3.8, 4) is 11.3 Å². The van der Waals surface area contributed by atoms with E-state index in [1.54, 1.807) is 28.8 Å². The molecule has 0 fully saturated rings. The number of allylic oxidation sites excluding steroid dienone is 1. The smallest absolute Gasteiger partial charge is 0.349 e. The van der Waals surface area contributed by atoms with Gasteiger partial charge < -0.3 is 10.4 Å². The van der Waals surface area contributed by atoms with Gasteiger partial charge in [0.2, 0.25) is 0 Å². The van der Waals surface area contributed by atoms with Gasteiger partial charge >= 0.3 is 10.5 Å². The Labute approximate surface area is 152 Å². The van der Waals surface area contributed by atoms with Crippen LogP contribution >= 0.6 is 11.3 Å². The van der Waals surface area contributed by atoms with Gasteiger partial charge in [0.15, 0.2) is 5.69 Å². The van der Waals surface area contributed by atoms with Crippen molar-refractivity contribution in [2.24, 2.45) is 0 Å². The summed E-state index contributed by atoms with van der Waals surface area (Å²) in [6.07, 6.45) is 1.69. The third-order valence-corrected chi connectivity index (χ3v) is 5.19. The van der Waals surface area contributed by atoms with Gasteiger partial charge in [-0.1, -0.05) is 48.3 Å². The maximum absolute atomic E-state index is 12.8. The molecule has 0 amide bonds. The normalized spacial score (nSPS) is 11.2. The minimum Gasteiger partial charge on any atom is -0.733 e. The fraction of sp³-hybridized carbons (Fsp3) is 0.0526. The zero-order valence-electron chi connectivity index (χ0n) is 13.7. The zero-order chi connectivity index (χ0) is 18.3. The Bertz CT molecular complexity index is 1190. The van der Waals surface area contributed by atoms with Crippen molar-refractivity contribution >= 4 is 32.9 Å². The summed E-state index contributed by atoms with van der Waals surface area (Å²) >= 11 is 1.44. The highest BCUT2D eigenvalue weighted by atomic mass is 32.1. The fourth-order valence-electron chi connectivity index (χ4n) is 3.09. The van der Waals surface area contributed by atoms with E-state index in [1.807, 2.05) is 34.0 Å². The quantitative estimate of drug-likeness (QED) is 0.342. The number of para-hydroxylation sites is 1. The lowest BCUT2D eigenvalue weighted by molar-refractivity contribution is -0.468. The lowest BCUT2D eigenvalue weighted by Crippen LogP contribution is -2.34. The number of nitrogens with zero attached hydrogens (tertiary/aromatic N) is 3. The van der Waals surface area contributed by atoms with Crippen LogP contribution in [0, 0.1) is 5.21 Å². The largest absolute Gasteiger partial charge is 0.733 e. The minimum atomic E-state index is -0.158. The molecule has 26 heavy (non-hydrogen) atoms. The zero-order valence-corrected chi connectivity index (χ0v) is 14.5. The number of hydrogen-bond acceptors (Lipinski definition) is 5. The third-order valence-electron chi connectivity index (χ3n) is 4.23. The van der Waals surface area contributed by atoms with Gasteiger partial charge in [-0.2, -0.15) is 8.97 Å². The number of fused-ring (bicyclic) bond motifs is 3. The van der Waals surface area contributed by atoms with Gasteiger partial charge in [0.25, 0.3) is 0 Å². The molecule has 0 saturated carbocycles. The lowest BCUT2D eigenvalue weighted by Gasteiger charge is -2.21. The first-order valence-corrected chi connectivity index (χ1v) is 8.82. The summed E-state index contributed by atoms with van der Waals surface area (Å²) < 4.78 is 3.68. The van der Waals surface area contributed by atoms with Crippen LogP contribution in [0.2, 0.25) is 0 Å². The summed E-state index contributed by atoms with van der Waals surface area (Å²) in [5.41, 5.74) is 2.47. The van der Waals surface area contributed by atoms with E-state index in [1.165, 1.54) is 17.4 Å². The van der Waals surface area contributed by atoms with Gasteiger partial charge in [-0.25, -0.2) is 4.79 Å². The van der Waals surface area contributed by atoms with Crippen molar-refractivity contribution in [1.29, 1.82) is 0 Å². The summed E-state index contributed by atoms with van der Waals surface area (Å²) in [5, 5.41) is 22.8. The summed E-state index contributed by atoms with van der Waals surface area (Å²) in [6, 6.07) is 14.1. The van der Waals surface area contributed by atoms with Crippen molar-refractivity contribution < 1.29 is 9.61 Å². The van der Waals surface area contributed by atoms with E-state index >= 15 is 0 Å².